The molecule has 0 unspecified atom stereocenters. The van der Waals surface area contributed by atoms with Gasteiger partial charge in [0.2, 0.25) is 17.8 Å². The van der Waals surface area contributed by atoms with Crippen molar-refractivity contribution in [3.8, 4) is 62.9 Å². The van der Waals surface area contributed by atoms with Crippen LogP contribution in [0.25, 0.3) is 44.6 Å². The summed E-state index contributed by atoms with van der Waals surface area (Å²) in [6.45, 7) is -0.711. The number of aromatic hydroxyl groups is 2. The molecule has 0 bridgehead atoms. The summed E-state index contributed by atoms with van der Waals surface area (Å²) in [6.07, 6.45) is -8.20. The van der Waals surface area contributed by atoms with Gasteiger partial charge in [-0.2, -0.15) is 0 Å². The highest BCUT2D eigenvalue weighted by Crippen LogP contribution is 2.48. The lowest BCUT2D eigenvalue weighted by atomic mass is 9.99. The van der Waals surface area contributed by atoms with Gasteiger partial charge in [0.15, 0.2) is 39.9 Å². The Morgan fingerprint density at radius 2 is 1.21 bits per heavy atom. The van der Waals surface area contributed by atoms with E-state index in [1.54, 1.807) is 0 Å². The van der Waals surface area contributed by atoms with E-state index in [1.165, 1.54) is 70.9 Å². The fourth-order valence-corrected chi connectivity index (χ4v) is 5.59. The van der Waals surface area contributed by atoms with Crippen LogP contribution in [0.1, 0.15) is 0 Å². The summed E-state index contributed by atoms with van der Waals surface area (Å²) in [4.78, 5) is 12.9. The van der Waals surface area contributed by atoms with Crippen LogP contribution in [0.5, 0.6) is 40.2 Å². The molecule has 5 atom stereocenters. The molecule has 6 N–H and O–H groups in total. The van der Waals surface area contributed by atoms with Gasteiger partial charge < -0.3 is 67.9 Å². The Kier molecular flexibility index (Phi) is 8.72. The number of ether oxygens (including phenoxy) is 6. The van der Waals surface area contributed by atoms with Gasteiger partial charge in [0.1, 0.15) is 41.3 Å². The second kappa shape index (κ2) is 12.8. The Labute approximate surface area is 271 Å². The van der Waals surface area contributed by atoms with Crippen molar-refractivity contribution in [1.82, 2.24) is 0 Å². The second-order valence-electron chi connectivity index (χ2n) is 10.9. The lowest BCUT2D eigenvalue weighted by Gasteiger charge is -2.39. The molecule has 1 aliphatic rings. The van der Waals surface area contributed by atoms with E-state index >= 15 is 0 Å². The first kappa shape index (κ1) is 32.7. The summed E-state index contributed by atoms with van der Waals surface area (Å²) in [5.74, 6) is -0.492. The minimum Gasteiger partial charge on any atom is -0.502 e. The third kappa shape index (κ3) is 5.46. The molecule has 0 aliphatic carbocycles. The number of phenols is 2. The third-order valence-corrected chi connectivity index (χ3v) is 8.06. The van der Waals surface area contributed by atoms with Crippen molar-refractivity contribution in [2.45, 2.75) is 30.7 Å². The van der Waals surface area contributed by atoms with E-state index in [9.17, 15) is 35.4 Å². The lowest BCUT2D eigenvalue weighted by Crippen LogP contribution is -2.60. The maximum Gasteiger partial charge on any atom is 0.229 e. The first-order chi connectivity index (χ1) is 23.0. The van der Waals surface area contributed by atoms with Gasteiger partial charge in [-0.05, 0) is 30.3 Å². The molecule has 1 aliphatic heterocycles. The number of hydrogen-bond donors (Lipinski definition) is 6. The Bertz CT molecular complexity index is 1970. The van der Waals surface area contributed by atoms with E-state index in [2.05, 4.69) is 0 Å². The van der Waals surface area contributed by atoms with Gasteiger partial charge in [0.25, 0.3) is 0 Å². The van der Waals surface area contributed by atoms with Crippen LogP contribution in [0.2, 0.25) is 0 Å². The van der Waals surface area contributed by atoms with Gasteiger partial charge in [-0.15, -0.1) is 0 Å². The zero-order valence-electron chi connectivity index (χ0n) is 26.0. The zero-order chi connectivity index (χ0) is 34.4. The average Bonchev–Trinajstić information content (AvgIpc) is 3.09. The van der Waals surface area contributed by atoms with Crippen molar-refractivity contribution < 1.29 is 67.9 Å². The summed E-state index contributed by atoms with van der Waals surface area (Å²) in [7, 11) is 5.37. The molecule has 0 amide bonds. The largest absolute Gasteiger partial charge is 0.502 e. The van der Waals surface area contributed by atoms with Crippen LogP contribution in [-0.4, -0.2) is 96.4 Å². The standard InChI is InChI=1S/C33H32O15/c1-41-20-5-13(6-21(42-2)26(20)36)17-11-16-25-18(45-17)9-15(35)10-19(25)46-31(14-7-22(43-3)27(37)23(8-14)44-4)32(16)48-33-30(40)29(39)28(38)24(12-34)47-33/h5-11,24,28-30,33-34,36-40H,12H2,1-4H3/t24-,28-,29+,30-,33+/m1/s1. The minimum atomic E-state index is -1.81. The van der Waals surface area contributed by atoms with Crippen molar-refractivity contribution in [3.63, 3.8) is 0 Å². The van der Waals surface area contributed by atoms with Crippen LogP contribution in [0.4, 0.5) is 0 Å². The van der Waals surface area contributed by atoms with Crippen molar-refractivity contribution in [1.29, 1.82) is 0 Å². The monoisotopic (exact) mass is 668 g/mol. The topological polar surface area (TPSA) is 220 Å². The average molecular weight is 669 g/mol. The predicted octanol–water partition coefficient (Wildman–Crippen LogP) is 2.50. The molecule has 6 rings (SSSR count). The number of phenolic OH excluding ortho intramolecular Hbond substituents is 2. The Hall–Kier alpha value is -5.19. The zero-order valence-corrected chi connectivity index (χ0v) is 26.0. The number of aliphatic hydroxyl groups excluding tert-OH is 4. The molecule has 1 fully saturated rings. The third-order valence-electron chi connectivity index (χ3n) is 8.06. The first-order valence-corrected chi connectivity index (χ1v) is 14.5. The van der Waals surface area contributed by atoms with Gasteiger partial charge in [-0.25, -0.2) is 0 Å². The minimum absolute atomic E-state index is 0.00630. The SMILES string of the molecule is COc1cc(-c2cc3c(O[C@@H]4O[C@H](CO)[C@@H](O)[C@H](O)[C@H]4O)c(-c4cc(OC)c(O)c(OC)c4)oc4cc(=O)cc(o2)c43)cc(OC)c1O. The van der Waals surface area contributed by atoms with E-state index in [4.69, 9.17) is 37.3 Å². The van der Waals surface area contributed by atoms with E-state index < -0.39 is 42.7 Å². The molecule has 1 saturated heterocycles. The van der Waals surface area contributed by atoms with E-state index in [-0.39, 0.29) is 79.3 Å². The molecule has 3 heterocycles. The van der Waals surface area contributed by atoms with Crippen molar-refractivity contribution in [3.05, 3.63) is 52.7 Å². The summed E-state index contributed by atoms with van der Waals surface area (Å²) >= 11 is 0. The van der Waals surface area contributed by atoms with Crippen molar-refractivity contribution in [2.75, 3.05) is 35.0 Å². The summed E-state index contributed by atoms with van der Waals surface area (Å²) in [5.41, 5.74) is 0.220. The van der Waals surface area contributed by atoms with Crippen LogP contribution in [0.15, 0.2) is 56.1 Å². The van der Waals surface area contributed by atoms with E-state index in [1.807, 2.05) is 0 Å². The molecule has 5 aromatic rings. The van der Waals surface area contributed by atoms with Crippen LogP contribution >= 0.6 is 0 Å². The molecule has 0 spiro atoms. The molecule has 3 aromatic carbocycles. The highest BCUT2D eigenvalue weighted by molar-refractivity contribution is 6.10. The quantitative estimate of drug-likeness (QED) is 0.133. The summed E-state index contributed by atoms with van der Waals surface area (Å²) < 4.78 is 45.7. The number of benzene rings is 3. The lowest BCUT2D eigenvalue weighted by molar-refractivity contribution is -0.277. The Morgan fingerprint density at radius 3 is 1.73 bits per heavy atom. The number of hydrogen-bond acceptors (Lipinski definition) is 15. The van der Waals surface area contributed by atoms with Crippen molar-refractivity contribution >= 4 is 21.9 Å². The van der Waals surface area contributed by atoms with Crippen LogP contribution < -0.4 is 29.1 Å². The molecule has 254 valence electrons. The molecular formula is C33H32O15. The highest BCUT2D eigenvalue weighted by atomic mass is 16.7. The molecule has 0 radical (unpaired) electrons. The smallest absolute Gasteiger partial charge is 0.229 e. The Balaban J connectivity index is 1.69. The van der Waals surface area contributed by atoms with Gasteiger partial charge in [-0.1, -0.05) is 0 Å². The molecule has 15 heteroatoms. The maximum absolute atomic E-state index is 12.9. The second-order valence-corrected chi connectivity index (χ2v) is 10.9. The summed E-state index contributed by atoms with van der Waals surface area (Å²) in [6, 6.07) is 9.79. The first-order valence-electron chi connectivity index (χ1n) is 14.5. The molecule has 48 heavy (non-hydrogen) atoms. The van der Waals surface area contributed by atoms with Crippen molar-refractivity contribution in [2.24, 2.45) is 0 Å². The van der Waals surface area contributed by atoms with Gasteiger partial charge in [0.05, 0.1) is 40.4 Å². The molecule has 2 aromatic heterocycles. The normalized spacial score (nSPS) is 21.0. The number of rotatable bonds is 9. The van der Waals surface area contributed by atoms with Gasteiger partial charge in [-0.3, -0.25) is 4.79 Å². The fourth-order valence-electron chi connectivity index (χ4n) is 5.59. The molecular weight excluding hydrogens is 636 g/mol. The predicted molar refractivity (Wildman–Crippen MR) is 167 cm³/mol. The maximum atomic E-state index is 12.9. The number of aliphatic hydroxyl groups is 4. The van der Waals surface area contributed by atoms with Crippen LogP contribution in [-0.2, 0) is 4.74 Å². The highest BCUT2D eigenvalue weighted by Gasteiger charge is 2.45. The van der Waals surface area contributed by atoms with E-state index in [0.29, 0.717) is 5.56 Å². The van der Waals surface area contributed by atoms with Crippen LogP contribution in [0.3, 0.4) is 0 Å². The molecule has 0 saturated carbocycles. The van der Waals surface area contributed by atoms with Gasteiger partial charge in [0, 0.05) is 28.6 Å². The number of methoxy groups -OCH3 is 4. The fraction of sp³-hybridized carbons (Fsp3) is 0.303. The van der Waals surface area contributed by atoms with Gasteiger partial charge >= 0.3 is 0 Å². The summed E-state index contributed by atoms with van der Waals surface area (Å²) in [5, 5.41) is 63.3. The molecule has 15 nitrogen and oxygen atoms in total. The van der Waals surface area contributed by atoms with E-state index in [0.717, 1.165) is 0 Å². The Morgan fingerprint density at radius 1 is 0.688 bits per heavy atom. The van der Waals surface area contributed by atoms with Crippen LogP contribution in [0, 0.1) is 0 Å².